The minimum Gasteiger partial charge on any atom is -0.392 e. The maximum absolute atomic E-state index is 11.3. The molecule has 4 aromatic heterocycles. The number of nitrogens with two attached hydrogens (primary N) is 2. The smallest absolute Gasteiger partial charge is 0.165 e. The van der Waals surface area contributed by atoms with Crippen LogP contribution in [-0.2, 0) is 4.74 Å². The lowest BCUT2D eigenvalue weighted by Gasteiger charge is -2.35. The standard InChI is InChI=1S/C29H33N9O4/c30-26-15-4-5-37(28(15)34-10-32-26)17-8-21(41)23-16(17)6-13(7-20(23)40)42-22-9-18(14-2-1-3-19(39)24(14)22)38-12-36-25-27(31)33-11-35-29(25)38/h2,4-6,10-13,17-24,39-41H,1,3,7-9H2,(H2,30,32,34)(H2,31,33,35)/t13?,17-,18-,19+,20+,21-,22-,23+,24+/m0/s1. The summed E-state index contributed by atoms with van der Waals surface area (Å²) in [6, 6.07) is 1.58. The summed E-state index contributed by atoms with van der Waals surface area (Å²) in [5.41, 5.74) is 16.1. The summed E-state index contributed by atoms with van der Waals surface area (Å²) >= 11 is 0. The van der Waals surface area contributed by atoms with E-state index in [4.69, 9.17) is 16.2 Å². The number of hydrogen-bond donors (Lipinski definition) is 5. The molecule has 0 saturated heterocycles. The van der Waals surface area contributed by atoms with Crippen LogP contribution in [0.15, 0.2) is 54.5 Å². The summed E-state index contributed by atoms with van der Waals surface area (Å²) in [6.45, 7) is 0. The van der Waals surface area contributed by atoms with Crippen molar-refractivity contribution in [3.05, 3.63) is 54.5 Å². The van der Waals surface area contributed by atoms with E-state index in [2.05, 4.69) is 37.1 Å². The third-order valence-electron chi connectivity index (χ3n) is 9.75. The number of aliphatic hydroxyl groups is 3. The molecule has 4 aliphatic carbocycles. The first-order chi connectivity index (χ1) is 20.4. The monoisotopic (exact) mass is 571 g/mol. The molecule has 0 aliphatic heterocycles. The molecule has 2 fully saturated rings. The highest BCUT2D eigenvalue weighted by molar-refractivity contribution is 5.86. The molecule has 13 heteroatoms. The minimum absolute atomic E-state index is 0.0967. The SMILES string of the molecule is Nc1ncnc2c1ccn2[C@H]1C[C@H](O)[C@@H]2C1=CC(O[C@H]1C[C@H](n3cnc4c(N)ncnc43)C3=CCC[C@@H](O)[C@@H]31)C[C@H]2O. The van der Waals surface area contributed by atoms with E-state index < -0.39 is 24.4 Å². The normalized spacial score (nSPS) is 34.4. The van der Waals surface area contributed by atoms with Gasteiger partial charge in [-0.1, -0.05) is 12.2 Å². The Balaban J connectivity index is 1.13. The molecule has 8 rings (SSSR count). The van der Waals surface area contributed by atoms with Crippen molar-refractivity contribution in [3.63, 3.8) is 0 Å². The van der Waals surface area contributed by atoms with Gasteiger partial charge in [-0.15, -0.1) is 0 Å². The molecular weight excluding hydrogens is 538 g/mol. The predicted octanol–water partition coefficient (Wildman–Crippen LogP) is 1.44. The molecule has 0 bridgehead atoms. The number of nitrogen functional groups attached to an aromatic ring is 2. The van der Waals surface area contributed by atoms with Crippen molar-refractivity contribution in [2.24, 2.45) is 11.8 Å². The van der Waals surface area contributed by atoms with Gasteiger partial charge in [-0.3, -0.25) is 0 Å². The highest BCUT2D eigenvalue weighted by Gasteiger charge is 2.49. The second kappa shape index (κ2) is 9.56. The maximum atomic E-state index is 11.3. The number of anilines is 2. The number of rotatable bonds is 4. The van der Waals surface area contributed by atoms with Gasteiger partial charge in [0.2, 0.25) is 0 Å². The van der Waals surface area contributed by atoms with Gasteiger partial charge in [0.15, 0.2) is 11.5 Å². The molecule has 0 aromatic carbocycles. The van der Waals surface area contributed by atoms with E-state index in [1.54, 1.807) is 6.33 Å². The molecule has 0 amide bonds. The Kier molecular flexibility index (Phi) is 5.87. The lowest BCUT2D eigenvalue weighted by molar-refractivity contribution is -0.0681. The van der Waals surface area contributed by atoms with Crippen LogP contribution in [0.3, 0.4) is 0 Å². The minimum atomic E-state index is -0.766. The van der Waals surface area contributed by atoms with Crippen molar-refractivity contribution in [2.75, 3.05) is 11.5 Å². The first kappa shape index (κ1) is 25.8. The highest BCUT2D eigenvalue weighted by Crippen LogP contribution is 2.50. The fourth-order valence-corrected chi connectivity index (χ4v) is 7.95. The largest absolute Gasteiger partial charge is 0.392 e. The Morgan fingerprint density at radius 3 is 2.40 bits per heavy atom. The van der Waals surface area contributed by atoms with Crippen LogP contribution in [0, 0.1) is 11.8 Å². The summed E-state index contributed by atoms with van der Waals surface area (Å²) in [5.74, 6) is 0.153. The molecule has 4 aliphatic rings. The molecule has 0 spiro atoms. The van der Waals surface area contributed by atoms with E-state index in [1.165, 1.54) is 12.7 Å². The first-order valence-corrected chi connectivity index (χ1v) is 14.5. The third-order valence-corrected chi connectivity index (χ3v) is 9.75. The Morgan fingerprint density at radius 1 is 0.786 bits per heavy atom. The predicted molar refractivity (Wildman–Crippen MR) is 153 cm³/mol. The fraction of sp³-hybridized carbons (Fsp3) is 0.483. The third kappa shape index (κ3) is 3.80. The molecule has 7 N–H and O–H groups in total. The van der Waals surface area contributed by atoms with Crippen molar-refractivity contribution in [1.82, 2.24) is 34.1 Å². The van der Waals surface area contributed by atoms with Gasteiger partial charge in [-0.2, -0.15) is 0 Å². The van der Waals surface area contributed by atoms with Crippen LogP contribution < -0.4 is 11.5 Å². The van der Waals surface area contributed by atoms with Crippen LogP contribution in [-0.4, -0.2) is 79.9 Å². The number of ether oxygens (including phenoxy) is 1. The van der Waals surface area contributed by atoms with E-state index >= 15 is 0 Å². The average molecular weight is 572 g/mol. The topological polar surface area (TPSA) is 196 Å². The van der Waals surface area contributed by atoms with Crippen molar-refractivity contribution in [3.8, 4) is 0 Å². The Morgan fingerprint density at radius 2 is 1.55 bits per heavy atom. The van der Waals surface area contributed by atoms with Crippen LogP contribution in [0.1, 0.15) is 44.2 Å². The van der Waals surface area contributed by atoms with E-state index in [0.717, 1.165) is 23.0 Å². The molecule has 2 saturated carbocycles. The average Bonchev–Trinajstić information content (AvgIpc) is 3.73. The van der Waals surface area contributed by atoms with Crippen LogP contribution >= 0.6 is 0 Å². The van der Waals surface area contributed by atoms with Gasteiger partial charge in [-0.25, -0.2) is 24.9 Å². The summed E-state index contributed by atoms with van der Waals surface area (Å²) < 4.78 is 10.8. The second-order valence-corrected chi connectivity index (χ2v) is 12.0. The van der Waals surface area contributed by atoms with Gasteiger partial charge in [0.25, 0.3) is 0 Å². The van der Waals surface area contributed by atoms with Crippen molar-refractivity contribution in [2.45, 2.75) is 74.7 Å². The van der Waals surface area contributed by atoms with Crippen LogP contribution in [0.5, 0.6) is 0 Å². The maximum Gasteiger partial charge on any atom is 0.165 e. The molecule has 42 heavy (non-hydrogen) atoms. The molecule has 0 radical (unpaired) electrons. The number of aliphatic hydroxyl groups excluding tert-OH is 3. The van der Waals surface area contributed by atoms with Crippen LogP contribution in [0.2, 0.25) is 0 Å². The Labute approximate surface area is 240 Å². The summed E-state index contributed by atoms with van der Waals surface area (Å²) in [6.07, 6.45) is 11.0. The molecular formula is C29H33N9O4. The molecule has 13 nitrogen and oxygen atoms in total. The van der Waals surface area contributed by atoms with Crippen molar-refractivity contribution < 1.29 is 20.1 Å². The lowest BCUT2D eigenvalue weighted by Crippen LogP contribution is -2.40. The zero-order valence-corrected chi connectivity index (χ0v) is 22.8. The molecule has 4 heterocycles. The van der Waals surface area contributed by atoms with Gasteiger partial charge in [0, 0.05) is 24.5 Å². The van der Waals surface area contributed by atoms with E-state index in [-0.39, 0.29) is 30.0 Å². The number of aromatic nitrogens is 7. The zero-order valence-electron chi connectivity index (χ0n) is 22.8. The summed E-state index contributed by atoms with van der Waals surface area (Å²) in [7, 11) is 0. The van der Waals surface area contributed by atoms with Gasteiger partial charge in [0.1, 0.15) is 29.6 Å². The Bertz CT molecular complexity index is 1750. The molecule has 1 unspecified atom stereocenters. The van der Waals surface area contributed by atoms with Gasteiger partial charge in [-0.05, 0) is 42.9 Å². The fourth-order valence-electron chi connectivity index (χ4n) is 7.95. The van der Waals surface area contributed by atoms with Gasteiger partial charge >= 0.3 is 0 Å². The lowest BCUT2D eigenvalue weighted by atomic mass is 9.83. The number of allylic oxidation sites excluding steroid dienone is 1. The van der Waals surface area contributed by atoms with E-state index in [1.807, 2.05) is 21.4 Å². The van der Waals surface area contributed by atoms with Crippen LogP contribution in [0.4, 0.5) is 11.6 Å². The van der Waals surface area contributed by atoms with E-state index in [0.29, 0.717) is 54.1 Å². The van der Waals surface area contributed by atoms with Crippen molar-refractivity contribution >= 4 is 33.8 Å². The molecule has 218 valence electrons. The van der Waals surface area contributed by atoms with Gasteiger partial charge in [0.05, 0.1) is 54.3 Å². The number of fused-ring (bicyclic) bond motifs is 4. The number of hydrogen-bond acceptors (Lipinski definition) is 11. The number of nitrogens with zero attached hydrogens (tertiary/aromatic N) is 7. The molecule has 9 atom stereocenters. The first-order valence-electron chi connectivity index (χ1n) is 14.5. The number of imidazole rings is 1. The van der Waals surface area contributed by atoms with Crippen molar-refractivity contribution in [1.29, 1.82) is 0 Å². The summed E-state index contributed by atoms with van der Waals surface area (Å²) in [4.78, 5) is 21.5. The van der Waals surface area contributed by atoms with Gasteiger partial charge < -0.3 is 40.7 Å². The van der Waals surface area contributed by atoms with E-state index in [9.17, 15) is 15.3 Å². The Hall–Kier alpha value is -3.91. The molecule has 4 aromatic rings. The zero-order chi connectivity index (χ0) is 28.7. The second-order valence-electron chi connectivity index (χ2n) is 12.0. The highest BCUT2D eigenvalue weighted by atomic mass is 16.5. The quantitative estimate of drug-likeness (QED) is 0.222. The van der Waals surface area contributed by atoms with Crippen LogP contribution in [0.25, 0.3) is 22.2 Å². The summed E-state index contributed by atoms with van der Waals surface area (Å²) in [5, 5.41) is 34.2.